The molecule has 20 heavy (non-hydrogen) atoms. The van der Waals surface area contributed by atoms with Gasteiger partial charge in [0.1, 0.15) is 18.2 Å². The molecule has 0 amide bonds. The van der Waals surface area contributed by atoms with Gasteiger partial charge in [0.25, 0.3) is 0 Å². The molecule has 0 saturated heterocycles. The molecule has 0 aromatic heterocycles. The van der Waals surface area contributed by atoms with Gasteiger partial charge in [-0.1, -0.05) is 24.3 Å². The molecule has 0 aliphatic heterocycles. The summed E-state index contributed by atoms with van der Waals surface area (Å²) in [5.74, 6) is 0.644. The van der Waals surface area contributed by atoms with E-state index >= 15 is 0 Å². The molecular formula is C17H18FNO. The van der Waals surface area contributed by atoms with Crippen molar-refractivity contribution >= 4 is 5.69 Å². The van der Waals surface area contributed by atoms with E-state index in [9.17, 15) is 4.39 Å². The molecular weight excluding hydrogens is 253 g/mol. The molecule has 0 aliphatic rings. The van der Waals surface area contributed by atoms with Crippen LogP contribution in [-0.2, 0) is 0 Å². The third-order valence-electron chi connectivity index (χ3n) is 2.81. The minimum Gasteiger partial charge on any atom is -0.489 e. The molecule has 0 unspecified atom stereocenters. The van der Waals surface area contributed by atoms with E-state index in [1.54, 1.807) is 12.1 Å². The normalized spacial score (nSPS) is 11.2. The van der Waals surface area contributed by atoms with Gasteiger partial charge in [0.15, 0.2) is 0 Å². The first-order chi connectivity index (χ1) is 9.74. The summed E-state index contributed by atoms with van der Waals surface area (Å²) in [6, 6.07) is 16.1. The lowest BCUT2D eigenvalue weighted by molar-refractivity contribution is 0.352. The van der Waals surface area contributed by atoms with Crippen LogP contribution in [-0.4, -0.2) is 13.2 Å². The fourth-order valence-electron chi connectivity index (χ4n) is 1.68. The Morgan fingerprint density at radius 1 is 1.10 bits per heavy atom. The van der Waals surface area contributed by atoms with Crippen molar-refractivity contribution in [2.45, 2.75) is 6.92 Å². The minimum atomic E-state index is -0.224. The lowest BCUT2D eigenvalue weighted by atomic mass is 10.2. The average Bonchev–Trinajstić information content (AvgIpc) is 2.48. The number of hydrogen-bond donors (Lipinski definition) is 1. The average molecular weight is 271 g/mol. The van der Waals surface area contributed by atoms with Crippen LogP contribution < -0.4 is 10.1 Å². The predicted octanol–water partition coefficient (Wildman–Crippen LogP) is 4.26. The van der Waals surface area contributed by atoms with Gasteiger partial charge in [0.05, 0.1) is 0 Å². The maximum Gasteiger partial charge on any atom is 0.123 e. The number of hydrogen-bond acceptors (Lipinski definition) is 2. The molecule has 0 heterocycles. The summed E-state index contributed by atoms with van der Waals surface area (Å²) in [6.45, 7) is 3.28. The Hall–Kier alpha value is -2.29. The summed E-state index contributed by atoms with van der Waals surface area (Å²) in [5.41, 5.74) is 2.04. The summed E-state index contributed by atoms with van der Waals surface area (Å²) in [7, 11) is 0. The van der Waals surface area contributed by atoms with Crippen molar-refractivity contribution in [2.24, 2.45) is 0 Å². The van der Waals surface area contributed by atoms with Gasteiger partial charge in [-0.25, -0.2) is 4.39 Å². The highest BCUT2D eigenvalue weighted by atomic mass is 19.1. The fourth-order valence-corrected chi connectivity index (χ4v) is 1.68. The maximum absolute atomic E-state index is 12.7. The van der Waals surface area contributed by atoms with Crippen LogP contribution in [0.3, 0.4) is 0 Å². The Bertz CT molecular complexity index is 549. The predicted molar refractivity (Wildman–Crippen MR) is 80.6 cm³/mol. The quantitative estimate of drug-likeness (QED) is 0.792. The molecule has 3 heteroatoms. The van der Waals surface area contributed by atoms with Gasteiger partial charge in [-0.2, -0.15) is 0 Å². The molecule has 0 atom stereocenters. The Morgan fingerprint density at radius 3 is 2.50 bits per heavy atom. The second-order valence-electron chi connectivity index (χ2n) is 4.54. The van der Waals surface area contributed by atoms with Crippen LogP contribution in [0.2, 0.25) is 0 Å². The van der Waals surface area contributed by atoms with Gasteiger partial charge in [-0.3, -0.25) is 0 Å². The van der Waals surface area contributed by atoms with Crippen molar-refractivity contribution < 1.29 is 9.13 Å². The van der Waals surface area contributed by atoms with Crippen molar-refractivity contribution in [2.75, 3.05) is 18.5 Å². The van der Waals surface area contributed by atoms with E-state index in [4.69, 9.17) is 4.74 Å². The van der Waals surface area contributed by atoms with E-state index in [2.05, 4.69) is 11.4 Å². The summed E-state index contributed by atoms with van der Waals surface area (Å²) >= 11 is 0. The number of rotatable bonds is 6. The molecule has 1 N–H and O–H groups in total. The topological polar surface area (TPSA) is 21.3 Å². The Morgan fingerprint density at radius 2 is 1.80 bits per heavy atom. The van der Waals surface area contributed by atoms with Crippen molar-refractivity contribution in [3.8, 4) is 5.75 Å². The largest absolute Gasteiger partial charge is 0.489 e. The molecule has 2 aromatic carbocycles. The van der Waals surface area contributed by atoms with Gasteiger partial charge in [0.2, 0.25) is 0 Å². The summed E-state index contributed by atoms with van der Waals surface area (Å²) in [4.78, 5) is 0. The molecule has 2 nitrogen and oxygen atoms in total. The van der Waals surface area contributed by atoms with Gasteiger partial charge < -0.3 is 10.1 Å². The standard InChI is InChI=1S/C17H18FNO/c1-14(13-20-17-5-3-2-4-6-17)11-12-19-16-9-7-15(18)8-10-16/h2-11,19H,12-13H2,1H3/b14-11+. The van der Waals surface area contributed by atoms with Gasteiger partial charge >= 0.3 is 0 Å². The first-order valence-electron chi connectivity index (χ1n) is 6.57. The van der Waals surface area contributed by atoms with Crippen LogP contribution in [0.15, 0.2) is 66.2 Å². The first-order valence-corrected chi connectivity index (χ1v) is 6.57. The van der Waals surface area contributed by atoms with E-state index in [1.165, 1.54) is 12.1 Å². The van der Waals surface area contributed by atoms with Crippen molar-refractivity contribution in [1.29, 1.82) is 0 Å². The van der Waals surface area contributed by atoms with Gasteiger partial charge in [-0.05, 0) is 48.9 Å². The van der Waals surface area contributed by atoms with Gasteiger partial charge in [-0.15, -0.1) is 0 Å². The molecule has 2 rings (SSSR count). The SMILES string of the molecule is C/C(=C\CNc1ccc(F)cc1)COc1ccccc1. The molecule has 0 radical (unpaired) electrons. The first kappa shape index (κ1) is 14.1. The highest BCUT2D eigenvalue weighted by Gasteiger charge is 1.94. The van der Waals surface area contributed by atoms with E-state index in [0.29, 0.717) is 13.2 Å². The highest BCUT2D eigenvalue weighted by molar-refractivity contribution is 5.43. The van der Waals surface area contributed by atoms with Crippen LogP contribution in [0.5, 0.6) is 5.75 Å². The Balaban J connectivity index is 1.75. The Kier molecular flexibility index (Phi) is 5.18. The fraction of sp³-hybridized carbons (Fsp3) is 0.176. The molecule has 104 valence electrons. The molecule has 0 aliphatic carbocycles. The van der Waals surface area contributed by atoms with Gasteiger partial charge in [0, 0.05) is 12.2 Å². The zero-order chi connectivity index (χ0) is 14.2. The lowest BCUT2D eigenvalue weighted by Crippen LogP contribution is -2.03. The number of halogens is 1. The lowest BCUT2D eigenvalue weighted by Gasteiger charge is -2.07. The smallest absolute Gasteiger partial charge is 0.123 e. The minimum absolute atomic E-state index is 0.224. The molecule has 0 fully saturated rings. The second-order valence-corrected chi connectivity index (χ2v) is 4.54. The highest BCUT2D eigenvalue weighted by Crippen LogP contribution is 2.10. The molecule has 0 bridgehead atoms. The third kappa shape index (κ3) is 4.76. The molecule has 0 saturated carbocycles. The monoisotopic (exact) mass is 271 g/mol. The van der Waals surface area contributed by atoms with E-state index < -0.39 is 0 Å². The van der Waals surface area contributed by atoms with E-state index in [0.717, 1.165) is 17.0 Å². The molecule has 2 aromatic rings. The van der Waals surface area contributed by atoms with Crippen LogP contribution in [0.4, 0.5) is 10.1 Å². The van der Waals surface area contributed by atoms with Crippen molar-refractivity contribution in [3.63, 3.8) is 0 Å². The Labute approximate surface area is 118 Å². The number of nitrogens with one attached hydrogen (secondary N) is 1. The van der Waals surface area contributed by atoms with Crippen LogP contribution in [0, 0.1) is 5.82 Å². The molecule has 0 spiro atoms. The maximum atomic E-state index is 12.7. The second kappa shape index (κ2) is 7.34. The van der Waals surface area contributed by atoms with E-state index in [-0.39, 0.29) is 5.82 Å². The van der Waals surface area contributed by atoms with Crippen LogP contribution in [0.1, 0.15) is 6.92 Å². The van der Waals surface area contributed by atoms with Crippen LogP contribution >= 0.6 is 0 Å². The van der Waals surface area contributed by atoms with E-state index in [1.807, 2.05) is 37.3 Å². The number of para-hydroxylation sites is 1. The summed E-state index contributed by atoms with van der Waals surface area (Å²) in [6.07, 6.45) is 2.06. The number of benzene rings is 2. The van der Waals surface area contributed by atoms with Crippen LogP contribution in [0.25, 0.3) is 0 Å². The van der Waals surface area contributed by atoms with Crippen molar-refractivity contribution in [1.82, 2.24) is 0 Å². The number of ether oxygens (including phenoxy) is 1. The summed E-state index contributed by atoms with van der Waals surface area (Å²) in [5, 5.41) is 3.20. The van der Waals surface area contributed by atoms with Crippen molar-refractivity contribution in [3.05, 3.63) is 72.1 Å². The zero-order valence-corrected chi connectivity index (χ0v) is 11.5. The third-order valence-corrected chi connectivity index (χ3v) is 2.81. The zero-order valence-electron chi connectivity index (χ0n) is 11.5. The summed E-state index contributed by atoms with van der Waals surface area (Å²) < 4.78 is 18.4. The number of anilines is 1.